The predicted octanol–water partition coefficient (Wildman–Crippen LogP) is 5.14. The van der Waals surface area contributed by atoms with Crippen molar-refractivity contribution in [2.75, 3.05) is 0 Å². The van der Waals surface area contributed by atoms with Crippen LogP contribution in [0.2, 0.25) is 0 Å². The third-order valence-corrected chi connectivity index (χ3v) is 5.40. The average molecular weight is 446 g/mol. The number of aromatic hydroxyl groups is 1. The Morgan fingerprint density at radius 1 is 1.03 bits per heavy atom. The van der Waals surface area contributed by atoms with E-state index in [1.807, 2.05) is 61.5 Å². The van der Waals surface area contributed by atoms with Gasteiger partial charge in [0.05, 0.1) is 0 Å². The lowest BCUT2D eigenvalue weighted by molar-refractivity contribution is 0.299. The van der Waals surface area contributed by atoms with Crippen molar-refractivity contribution < 1.29 is 23.1 Å². The van der Waals surface area contributed by atoms with Crippen LogP contribution in [-0.4, -0.2) is 15.1 Å². The number of aryl methyl sites for hydroxylation is 3. The number of nitrogens with one attached hydrogen (secondary N) is 1. The molecule has 33 heavy (non-hydrogen) atoms. The van der Waals surface area contributed by atoms with Gasteiger partial charge in [0.2, 0.25) is 5.88 Å². The Morgan fingerprint density at radius 2 is 1.85 bits per heavy atom. The van der Waals surface area contributed by atoms with Crippen molar-refractivity contribution in [3.05, 3.63) is 87.9 Å². The van der Waals surface area contributed by atoms with Crippen LogP contribution in [0.5, 0.6) is 11.6 Å². The molecule has 0 radical (unpaired) electrons. The molecule has 8 heteroatoms. The highest BCUT2D eigenvalue weighted by atomic mass is 16.5. The lowest BCUT2D eigenvalue weighted by Gasteiger charge is -2.06. The maximum Gasteiger partial charge on any atom is 0.419 e. The molecule has 2 N–H and O–H groups in total. The van der Waals surface area contributed by atoms with E-state index in [2.05, 4.69) is 9.97 Å². The first-order valence-electron chi connectivity index (χ1n) is 10.6. The number of hydrogen-bond acceptors (Lipinski definition) is 7. The smallest absolute Gasteiger partial charge is 0.419 e. The fourth-order valence-electron chi connectivity index (χ4n) is 3.63. The number of ether oxygens (including phenoxy) is 1. The Morgan fingerprint density at radius 3 is 2.61 bits per heavy atom. The summed E-state index contributed by atoms with van der Waals surface area (Å²) in [7, 11) is 0. The van der Waals surface area contributed by atoms with Crippen LogP contribution in [0.25, 0.3) is 22.6 Å². The van der Waals surface area contributed by atoms with Gasteiger partial charge in [0.1, 0.15) is 29.4 Å². The summed E-state index contributed by atoms with van der Waals surface area (Å²) in [6, 6.07) is 17.5. The van der Waals surface area contributed by atoms with Gasteiger partial charge in [-0.15, -0.1) is 0 Å². The number of hydrogen-bond donors (Lipinski definition) is 2. The normalized spacial score (nSPS) is 11.3. The lowest BCUT2D eigenvalue weighted by Crippen LogP contribution is -1.98. The highest BCUT2D eigenvalue weighted by Gasteiger charge is 2.16. The van der Waals surface area contributed by atoms with E-state index < -0.39 is 5.76 Å². The van der Waals surface area contributed by atoms with Crippen LogP contribution in [0.1, 0.15) is 29.2 Å². The molecular formula is C25H22N2O6. The summed E-state index contributed by atoms with van der Waals surface area (Å²) in [6.45, 7) is 2.13. The molecule has 2 aromatic carbocycles. The summed E-state index contributed by atoms with van der Waals surface area (Å²) in [5, 5.41) is 10.6. The summed E-state index contributed by atoms with van der Waals surface area (Å²) in [6.07, 6.45) is 1.98. The molecule has 3 heterocycles. The van der Waals surface area contributed by atoms with Crippen molar-refractivity contribution in [1.29, 1.82) is 0 Å². The van der Waals surface area contributed by atoms with Crippen LogP contribution in [-0.2, 0) is 19.4 Å². The number of H-pyrrole nitrogens is 1. The summed E-state index contributed by atoms with van der Waals surface area (Å²) in [4.78, 5) is 17.8. The monoisotopic (exact) mass is 446 g/mol. The maximum atomic E-state index is 11.1. The van der Waals surface area contributed by atoms with E-state index >= 15 is 0 Å². The van der Waals surface area contributed by atoms with Gasteiger partial charge in [0, 0.05) is 11.8 Å². The highest BCUT2D eigenvalue weighted by molar-refractivity contribution is 5.81. The summed E-state index contributed by atoms with van der Waals surface area (Å²) >= 11 is 0. The van der Waals surface area contributed by atoms with Crippen LogP contribution in [0.15, 0.2) is 72.6 Å². The van der Waals surface area contributed by atoms with Crippen molar-refractivity contribution in [1.82, 2.24) is 9.97 Å². The highest BCUT2D eigenvalue weighted by Crippen LogP contribution is 2.29. The van der Waals surface area contributed by atoms with Crippen LogP contribution >= 0.6 is 0 Å². The molecule has 0 saturated heterocycles. The zero-order valence-electron chi connectivity index (χ0n) is 18.0. The number of benzene rings is 2. The first-order valence-corrected chi connectivity index (χ1v) is 10.6. The van der Waals surface area contributed by atoms with Crippen molar-refractivity contribution in [3.63, 3.8) is 0 Å². The predicted molar refractivity (Wildman–Crippen MR) is 120 cm³/mol. The van der Waals surface area contributed by atoms with Gasteiger partial charge >= 0.3 is 5.76 Å². The fraction of sp³-hybridized carbons (Fsp3) is 0.200. The fourth-order valence-corrected chi connectivity index (χ4v) is 3.63. The third-order valence-electron chi connectivity index (χ3n) is 5.40. The van der Waals surface area contributed by atoms with Crippen molar-refractivity contribution >= 4 is 11.0 Å². The minimum Gasteiger partial charge on any atom is -0.492 e. The number of aromatic nitrogens is 2. The SMILES string of the molecule is Cc1oc(-c2cc3ccccc3o2)nc1COc1ccc(CCCc2oc(=O)[nH]c2O)cc1. The van der Waals surface area contributed by atoms with Gasteiger partial charge in [-0.2, -0.15) is 0 Å². The molecular weight excluding hydrogens is 424 g/mol. The number of rotatable bonds is 8. The molecule has 0 fully saturated rings. The zero-order chi connectivity index (χ0) is 22.8. The molecule has 0 spiro atoms. The van der Waals surface area contributed by atoms with Crippen LogP contribution in [0, 0.1) is 6.92 Å². The molecule has 168 valence electrons. The molecule has 0 amide bonds. The molecule has 0 saturated carbocycles. The molecule has 0 atom stereocenters. The Kier molecular flexibility index (Phi) is 5.48. The maximum absolute atomic E-state index is 11.1. The quantitative estimate of drug-likeness (QED) is 0.339. The van der Waals surface area contributed by atoms with Gasteiger partial charge in [-0.3, -0.25) is 4.98 Å². The van der Waals surface area contributed by atoms with Gasteiger partial charge in [0.25, 0.3) is 5.89 Å². The van der Waals surface area contributed by atoms with E-state index in [1.54, 1.807) is 0 Å². The van der Waals surface area contributed by atoms with Crippen molar-refractivity contribution in [3.8, 4) is 23.3 Å². The summed E-state index contributed by atoms with van der Waals surface area (Å²) < 4.78 is 22.4. The molecule has 0 aliphatic heterocycles. The van der Waals surface area contributed by atoms with Gasteiger partial charge < -0.3 is 23.1 Å². The number of oxazole rings is 2. The second-order valence-electron chi connectivity index (χ2n) is 7.74. The first kappa shape index (κ1) is 20.7. The largest absolute Gasteiger partial charge is 0.492 e. The van der Waals surface area contributed by atoms with E-state index in [0.717, 1.165) is 35.1 Å². The number of fused-ring (bicyclic) bond motifs is 1. The number of furan rings is 1. The lowest BCUT2D eigenvalue weighted by atomic mass is 10.1. The minimum absolute atomic E-state index is 0.199. The Labute approximate surface area is 188 Å². The van der Waals surface area contributed by atoms with E-state index in [-0.39, 0.29) is 18.2 Å². The van der Waals surface area contributed by atoms with E-state index in [0.29, 0.717) is 29.5 Å². The third kappa shape index (κ3) is 4.55. The minimum atomic E-state index is -0.643. The molecule has 0 bridgehead atoms. The van der Waals surface area contributed by atoms with Crippen molar-refractivity contribution in [2.24, 2.45) is 0 Å². The van der Waals surface area contributed by atoms with E-state index in [9.17, 15) is 9.90 Å². The zero-order valence-corrected chi connectivity index (χ0v) is 18.0. The van der Waals surface area contributed by atoms with E-state index in [4.69, 9.17) is 18.0 Å². The molecule has 0 aliphatic carbocycles. The Hall–Kier alpha value is -4.20. The summed E-state index contributed by atoms with van der Waals surface area (Å²) in [5.74, 6) is 1.86. The van der Waals surface area contributed by atoms with Crippen LogP contribution < -0.4 is 10.5 Å². The second-order valence-corrected chi connectivity index (χ2v) is 7.74. The van der Waals surface area contributed by atoms with Gasteiger partial charge in [0.15, 0.2) is 11.5 Å². The average Bonchev–Trinajstić information content (AvgIpc) is 3.49. The van der Waals surface area contributed by atoms with Crippen LogP contribution in [0.4, 0.5) is 0 Å². The second kappa shape index (κ2) is 8.74. The molecule has 3 aromatic heterocycles. The van der Waals surface area contributed by atoms with E-state index in [1.165, 1.54) is 0 Å². The molecule has 5 aromatic rings. The molecule has 8 nitrogen and oxygen atoms in total. The van der Waals surface area contributed by atoms with Crippen LogP contribution in [0.3, 0.4) is 0 Å². The number of nitrogens with zero attached hydrogens (tertiary/aromatic N) is 1. The Balaban J connectivity index is 1.17. The number of aromatic amines is 1. The molecule has 5 rings (SSSR count). The van der Waals surface area contributed by atoms with Gasteiger partial charge in [-0.1, -0.05) is 30.3 Å². The number of para-hydroxylation sites is 1. The van der Waals surface area contributed by atoms with Gasteiger partial charge in [-0.25, -0.2) is 9.78 Å². The van der Waals surface area contributed by atoms with Crippen molar-refractivity contribution in [2.45, 2.75) is 32.8 Å². The standard InChI is InChI=1S/C25H22N2O6/c1-15-19(26-24(31-15)22-13-17-6-2-3-7-20(17)32-22)14-30-18-11-9-16(10-12-18)5-4-8-21-23(28)27-25(29)33-21/h2-3,6-7,9-13,28H,4-5,8,14H2,1H3,(H,27,29). The topological polar surface area (TPSA) is 115 Å². The Bertz CT molecular complexity index is 1400. The molecule has 0 unspecified atom stereocenters. The summed E-state index contributed by atoms with van der Waals surface area (Å²) in [5.41, 5.74) is 2.61. The molecule has 0 aliphatic rings. The van der Waals surface area contributed by atoms with Gasteiger partial charge in [-0.05, 0) is 49.6 Å². The first-order chi connectivity index (χ1) is 16.0.